The SMILES string of the molecule is O=C(NCCOCCC(=O)N1CCOC(C(=O)O)C1)OCC1c2ccccc2-c2ccccc21. The minimum atomic E-state index is -1.08. The van der Waals surface area contributed by atoms with Gasteiger partial charge in [0.1, 0.15) is 6.61 Å². The van der Waals surface area contributed by atoms with Crippen molar-refractivity contribution < 1.29 is 33.7 Å². The Morgan fingerprint density at radius 1 is 1.03 bits per heavy atom. The van der Waals surface area contributed by atoms with Crippen LogP contribution >= 0.6 is 0 Å². The van der Waals surface area contributed by atoms with Crippen LogP contribution in [0.15, 0.2) is 48.5 Å². The van der Waals surface area contributed by atoms with Crippen LogP contribution in [-0.4, -0.2) is 80.1 Å². The molecule has 1 unspecified atom stereocenters. The molecule has 1 saturated heterocycles. The third-order valence-electron chi connectivity index (χ3n) is 6.01. The van der Waals surface area contributed by atoms with Gasteiger partial charge < -0.3 is 29.5 Å². The molecule has 2 aromatic rings. The Labute approximate surface area is 197 Å². The van der Waals surface area contributed by atoms with Gasteiger partial charge in [0, 0.05) is 19.0 Å². The van der Waals surface area contributed by atoms with Gasteiger partial charge in [0.2, 0.25) is 5.91 Å². The molecule has 0 aromatic heterocycles. The maximum absolute atomic E-state index is 12.2. The van der Waals surface area contributed by atoms with Crippen LogP contribution in [0.25, 0.3) is 11.1 Å². The number of aliphatic carboxylic acids is 1. The van der Waals surface area contributed by atoms with E-state index >= 15 is 0 Å². The van der Waals surface area contributed by atoms with Gasteiger partial charge in [0.15, 0.2) is 6.10 Å². The second kappa shape index (κ2) is 11.1. The minimum Gasteiger partial charge on any atom is -0.479 e. The highest BCUT2D eigenvalue weighted by Crippen LogP contribution is 2.44. The van der Waals surface area contributed by atoms with Crippen LogP contribution in [0.2, 0.25) is 0 Å². The van der Waals surface area contributed by atoms with Crippen molar-refractivity contribution in [1.29, 1.82) is 0 Å². The van der Waals surface area contributed by atoms with Crippen molar-refractivity contribution in [3.63, 3.8) is 0 Å². The summed E-state index contributed by atoms with van der Waals surface area (Å²) in [6, 6.07) is 16.3. The van der Waals surface area contributed by atoms with Gasteiger partial charge in [0.25, 0.3) is 0 Å². The Bertz CT molecular complexity index is 996. The smallest absolute Gasteiger partial charge is 0.407 e. The molecule has 1 aliphatic carbocycles. The van der Waals surface area contributed by atoms with Gasteiger partial charge in [-0.2, -0.15) is 0 Å². The van der Waals surface area contributed by atoms with E-state index in [1.54, 1.807) is 0 Å². The van der Waals surface area contributed by atoms with Crippen LogP contribution in [0.5, 0.6) is 0 Å². The van der Waals surface area contributed by atoms with Crippen LogP contribution < -0.4 is 5.32 Å². The highest BCUT2D eigenvalue weighted by molar-refractivity contribution is 5.79. The van der Waals surface area contributed by atoms with Crippen molar-refractivity contribution in [3.05, 3.63) is 59.7 Å². The minimum absolute atomic E-state index is 0.00123. The van der Waals surface area contributed by atoms with Crippen molar-refractivity contribution in [2.24, 2.45) is 0 Å². The highest BCUT2D eigenvalue weighted by atomic mass is 16.5. The number of amides is 2. The molecule has 0 bridgehead atoms. The van der Waals surface area contributed by atoms with Gasteiger partial charge >= 0.3 is 12.1 Å². The molecular weight excluding hydrogens is 440 g/mol. The quantitative estimate of drug-likeness (QED) is 0.543. The molecule has 2 aliphatic rings. The van der Waals surface area contributed by atoms with Gasteiger partial charge in [-0.3, -0.25) is 4.79 Å². The molecule has 1 aliphatic heterocycles. The van der Waals surface area contributed by atoms with Gasteiger partial charge in [-0.25, -0.2) is 9.59 Å². The van der Waals surface area contributed by atoms with Crippen molar-refractivity contribution in [1.82, 2.24) is 10.2 Å². The van der Waals surface area contributed by atoms with Crippen LogP contribution in [0.4, 0.5) is 4.79 Å². The average Bonchev–Trinajstić information content (AvgIpc) is 3.18. The first-order chi connectivity index (χ1) is 16.5. The van der Waals surface area contributed by atoms with Gasteiger partial charge in [-0.15, -0.1) is 0 Å². The first kappa shape index (κ1) is 23.7. The summed E-state index contributed by atoms with van der Waals surface area (Å²) in [4.78, 5) is 36.8. The first-order valence-electron chi connectivity index (χ1n) is 11.3. The molecule has 9 heteroatoms. The summed E-state index contributed by atoms with van der Waals surface area (Å²) in [5, 5.41) is 11.7. The number of carbonyl (C=O) groups is 3. The molecule has 2 N–H and O–H groups in total. The number of carboxylic acid groups (broad SMARTS) is 1. The molecule has 34 heavy (non-hydrogen) atoms. The van der Waals surface area contributed by atoms with Crippen LogP contribution in [-0.2, 0) is 23.8 Å². The Kier molecular flexibility index (Phi) is 7.76. The Morgan fingerprint density at radius 3 is 2.38 bits per heavy atom. The predicted octanol–water partition coefficient (Wildman–Crippen LogP) is 2.24. The molecule has 180 valence electrons. The molecule has 2 amide bonds. The zero-order chi connectivity index (χ0) is 23.9. The van der Waals surface area contributed by atoms with Gasteiger partial charge in [-0.1, -0.05) is 48.5 Å². The number of rotatable bonds is 9. The standard InChI is InChI=1S/C25H28N2O7/c28-23(27-11-14-33-22(15-27)24(29)30)9-12-32-13-10-26-25(31)34-16-21-19-7-3-1-5-17(19)18-6-2-4-8-20(18)21/h1-8,21-22H,9-16H2,(H,26,31)(H,29,30). The Hall–Kier alpha value is -3.43. The number of nitrogens with one attached hydrogen (secondary N) is 1. The van der Waals surface area contributed by atoms with Crippen molar-refractivity contribution in [3.8, 4) is 11.1 Å². The fourth-order valence-corrected chi connectivity index (χ4v) is 4.32. The average molecular weight is 469 g/mol. The molecule has 0 saturated carbocycles. The van der Waals surface area contributed by atoms with Crippen molar-refractivity contribution in [2.45, 2.75) is 18.4 Å². The summed E-state index contributed by atoms with van der Waals surface area (Å²) in [5.74, 6) is -1.26. The summed E-state index contributed by atoms with van der Waals surface area (Å²) in [6.45, 7) is 1.52. The second-order valence-electron chi connectivity index (χ2n) is 8.15. The summed E-state index contributed by atoms with van der Waals surface area (Å²) < 4.78 is 16.0. The van der Waals surface area contributed by atoms with E-state index in [2.05, 4.69) is 29.6 Å². The molecule has 1 fully saturated rings. The topological polar surface area (TPSA) is 114 Å². The lowest BCUT2D eigenvalue weighted by Gasteiger charge is -2.30. The lowest BCUT2D eigenvalue weighted by Crippen LogP contribution is -2.48. The van der Waals surface area contributed by atoms with Crippen LogP contribution in [0, 0.1) is 0 Å². The first-order valence-corrected chi connectivity index (χ1v) is 11.3. The van der Waals surface area contributed by atoms with E-state index in [1.165, 1.54) is 16.0 Å². The summed E-state index contributed by atoms with van der Waals surface area (Å²) in [7, 11) is 0. The number of hydrogen-bond acceptors (Lipinski definition) is 6. The maximum Gasteiger partial charge on any atom is 0.407 e. The number of carbonyl (C=O) groups excluding carboxylic acids is 2. The molecule has 9 nitrogen and oxygen atoms in total. The van der Waals surface area contributed by atoms with E-state index in [0.717, 1.165) is 11.1 Å². The third kappa shape index (κ3) is 5.55. The molecule has 2 aromatic carbocycles. The normalized spacial score (nSPS) is 17.1. The summed E-state index contributed by atoms with van der Waals surface area (Å²) >= 11 is 0. The van der Waals surface area contributed by atoms with E-state index in [1.807, 2.05) is 24.3 Å². The zero-order valence-electron chi connectivity index (χ0n) is 18.8. The molecule has 0 radical (unpaired) electrons. The van der Waals surface area contributed by atoms with E-state index in [9.17, 15) is 14.4 Å². The predicted molar refractivity (Wildman–Crippen MR) is 122 cm³/mol. The zero-order valence-corrected chi connectivity index (χ0v) is 18.8. The number of alkyl carbamates (subject to hydrolysis) is 1. The van der Waals surface area contributed by atoms with Crippen LogP contribution in [0.1, 0.15) is 23.5 Å². The Balaban J connectivity index is 1.13. The van der Waals surface area contributed by atoms with E-state index < -0.39 is 18.2 Å². The van der Waals surface area contributed by atoms with E-state index in [0.29, 0.717) is 6.54 Å². The number of fused-ring (bicyclic) bond motifs is 3. The lowest BCUT2D eigenvalue weighted by molar-refractivity contribution is -0.159. The Morgan fingerprint density at radius 2 is 1.71 bits per heavy atom. The summed E-state index contributed by atoms with van der Waals surface area (Å²) in [6.07, 6.45) is -1.37. The fourth-order valence-electron chi connectivity index (χ4n) is 4.32. The number of ether oxygens (including phenoxy) is 3. The van der Waals surface area contributed by atoms with Crippen molar-refractivity contribution >= 4 is 18.0 Å². The molecule has 0 spiro atoms. The van der Waals surface area contributed by atoms with E-state index in [-0.39, 0.29) is 57.8 Å². The number of carboxylic acids is 1. The number of benzene rings is 2. The largest absolute Gasteiger partial charge is 0.479 e. The molecule has 4 rings (SSSR count). The maximum atomic E-state index is 12.2. The van der Waals surface area contributed by atoms with Crippen molar-refractivity contribution in [2.75, 3.05) is 46.1 Å². The highest BCUT2D eigenvalue weighted by Gasteiger charge is 2.29. The molecular formula is C25H28N2O7. The van der Waals surface area contributed by atoms with Gasteiger partial charge in [-0.05, 0) is 22.3 Å². The molecule has 1 atom stereocenters. The molecule has 1 heterocycles. The van der Waals surface area contributed by atoms with Gasteiger partial charge in [0.05, 0.1) is 32.8 Å². The van der Waals surface area contributed by atoms with Crippen LogP contribution in [0.3, 0.4) is 0 Å². The number of hydrogen-bond donors (Lipinski definition) is 2. The fraction of sp³-hybridized carbons (Fsp3) is 0.400. The number of morpholine rings is 1. The summed E-state index contributed by atoms with van der Waals surface area (Å²) in [5.41, 5.74) is 4.65. The monoisotopic (exact) mass is 468 g/mol. The third-order valence-corrected chi connectivity index (χ3v) is 6.01. The number of nitrogens with zero attached hydrogens (tertiary/aromatic N) is 1. The second-order valence-corrected chi connectivity index (χ2v) is 8.15. The lowest BCUT2D eigenvalue weighted by atomic mass is 9.98. The van der Waals surface area contributed by atoms with E-state index in [4.69, 9.17) is 19.3 Å².